The quantitative estimate of drug-likeness (QED) is 0.671. The van der Waals surface area contributed by atoms with Crippen molar-refractivity contribution in [2.24, 2.45) is 4.99 Å². The summed E-state index contributed by atoms with van der Waals surface area (Å²) in [5, 5.41) is 0. The summed E-state index contributed by atoms with van der Waals surface area (Å²) in [6.45, 7) is 2.13. The third-order valence-electron chi connectivity index (χ3n) is 2.46. The number of hydrogen-bond donors (Lipinski definition) is 0. The number of aliphatic imine (C=N–C) groups is 1. The normalized spacial score (nSPS) is 11.4. The molecular weight excluding hydrogens is 194 g/mol. The average molecular weight is 209 g/mol. The summed E-state index contributed by atoms with van der Waals surface area (Å²) < 4.78 is 0. The van der Waals surface area contributed by atoms with Gasteiger partial charge >= 0.3 is 0 Å². The lowest BCUT2D eigenvalue weighted by Gasteiger charge is -2.03. The molecule has 16 heavy (non-hydrogen) atoms. The summed E-state index contributed by atoms with van der Waals surface area (Å²) >= 11 is 0. The van der Waals surface area contributed by atoms with Crippen molar-refractivity contribution >= 4 is 11.4 Å². The van der Waals surface area contributed by atoms with Gasteiger partial charge in [0.1, 0.15) is 0 Å². The Labute approximate surface area is 96.5 Å². The van der Waals surface area contributed by atoms with Crippen LogP contribution in [-0.2, 0) is 0 Å². The van der Waals surface area contributed by atoms with Crippen LogP contribution < -0.4 is 0 Å². The zero-order valence-electron chi connectivity index (χ0n) is 9.43. The van der Waals surface area contributed by atoms with Crippen LogP contribution in [0.3, 0.4) is 0 Å². The molecule has 0 radical (unpaired) electrons. The molecule has 0 aliphatic carbocycles. The summed E-state index contributed by atoms with van der Waals surface area (Å²) in [6, 6.07) is 20.4. The Morgan fingerprint density at radius 3 is 2.00 bits per heavy atom. The molecule has 0 atom stereocenters. The fourth-order valence-electron chi connectivity index (χ4n) is 1.64. The topological polar surface area (TPSA) is 12.4 Å². The van der Waals surface area contributed by atoms with E-state index < -0.39 is 0 Å². The van der Waals surface area contributed by atoms with E-state index in [2.05, 4.69) is 24.0 Å². The first-order valence-electron chi connectivity index (χ1n) is 5.58. The van der Waals surface area contributed by atoms with Crippen LogP contribution in [0, 0.1) is 0 Å². The lowest BCUT2D eigenvalue weighted by molar-refractivity contribution is 1.26. The molecule has 0 aliphatic heterocycles. The van der Waals surface area contributed by atoms with E-state index in [1.54, 1.807) is 0 Å². The summed E-state index contributed by atoms with van der Waals surface area (Å²) in [6.07, 6.45) is 0.943. The molecule has 0 saturated heterocycles. The van der Waals surface area contributed by atoms with Gasteiger partial charge in [0.25, 0.3) is 0 Å². The highest BCUT2D eigenvalue weighted by Crippen LogP contribution is 2.14. The van der Waals surface area contributed by atoms with Gasteiger partial charge in [-0.3, -0.25) is 4.99 Å². The summed E-state index contributed by atoms with van der Waals surface area (Å²) in [7, 11) is 0. The van der Waals surface area contributed by atoms with Crippen molar-refractivity contribution in [2.45, 2.75) is 13.3 Å². The maximum Gasteiger partial charge on any atom is 0.0633 e. The van der Waals surface area contributed by atoms with E-state index in [4.69, 9.17) is 0 Å². The lowest BCUT2D eigenvalue weighted by Crippen LogP contribution is -1.97. The van der Waals surface area contributed by atoms with E-state index in [1.807, 2.05) is 48.5 Å². The molecule has 80 valence electrons. The van der Waals surface area contributed by atoms with Crippen LogP contribution in [0.4, 0.5) is 5.69 Å². The predicted octanol–water partition coefficient (Wildman–Crippen LogP) is 4.22. The highest BCUT2D eigenvalue weighted by molar-refractivity contribution is 6.01. The fraction of sp³-hybridized carbons (Fsp3) is 0.133. The minimum Gasteiger partial charge on any atom is -0.253 e. The van der Waals surface area contributed by atoms with E-state index in [0.29, 0.717) is 0 Å². The van der Waals surface area contributed by atoms with Crippen molar-refractivity contribution in [3.63, 3.8) is 0 Å². The third kappa shape index (κ3) is 2.57. The Balaban J connectivity index is 2.34. The van der Waals surface area contributed by atoms with E-state index >= 15 is 0 Å². The Kier molecular flexibility index (Phi) is 3.50. The standard InChI is InChI=1S/C15H15N/c1-2-15(13-9-5-3-6-10-13)16-14-11-7-4-8-12-14/h3-12H,2H2,1H3/b16-15+. The minimum atomic E-state index is 0.943. The molecule has 2 aromatic carbocycles. The zero-order valence-corrected chi connectivity index (χ0v) is 9.43. The van der Waals surface area contributed by atoms with Crippen molar-refractivity contribution in [1.29, 1.82) is 0 Å². The van der Waals surface area contributed by atoms with Crippen LogP contribution in [0.2, 0.25) is 0 Å². The van der Waals surface area contributed by atoms with Crippen LogP contribution in [0.15, 0.2) is 65.7 Å². The van der Waals surface area contributed by atoms with Gasteiger partial charge in [0, 0.05) is 5.71 Å². The molecule has 0 amide bonds. The molecular formula is C15H15N. The molecule has 2 rings (SSSR count). The molecule has 0 unspecified atom stereocenters. The van der Waals surface area contributed by atoms with E-state index in [9.17, 15) is 0 Å². The largest absolute Gasteiger partial charge is 0.253 e. The number of benzene rings is 2. The minimum absolute atomic E-state index is 0.943. The van der Waals surface area contributed by atoms with Crippen molar-refractivity contribution < 1.29 is 0 Å². The highest BCUT2D eigenvalue weighted by Gasteiger charge is 1.99. The van der Waals surface area contributed by atoms with Crippen molar-refractivity contribution in [3.8, 4) is 0 Å². The molecule has 2 aromatic rings. The number of rotatable bonds is 3. The van der Waals surface area contributed by atoms with Crippen LogP contribution in [0.25, 0.3) is 0 Å². The monoisotopic (exact) mass is 209 g/mol. The SMILES string of the molecule is CC/C(=N\c1ccccc1)c1ccccc1. The van der Waals surface area contributed by atoms with Gasteiger partial charge < -0.3 is 0 Å². The van der Waals surface area contributed by atoms with Crippen LogP contribution >= 0.6 is 0 Å². The molecule has 0 spiro atoms. The van der Waals surface area contributed by atoms with Crippen molar-refractivity contribution in [2.75, 3.05) is 0 Å². The number of para-hydroxylation sites is 1. The second kappa shape index (κ2) is 5.26. The molecule has 1 heteroatoms. The summed E-state index contributed by atoms with van der Waals surface area (Å²) in [4.78, 5) is 4.66. The molecule has 0 aliphatic rings. The van der Waals surface area contributed by atoms with Gasteiger partial charge in [-0.25, -0.2) is 0 Å². The molecule has 0 saturated carbocycles. The van der Waals surface area contributed by atoms with Gasteiger partial charge in [-0.05, 0) is 24.1 Å². The highest BCUT2D eigenvalue weighted by atomic mass is 14.7. The Morgan fingerprint density at radius 2 is 1.44 bits per heavy atom. The molecule has 0 fully saturated rings. The summed E-state index contributed by atoms with van der Waals surface area (Å²) in [5.41, 5.74) is 3.35. The van der Waals surface area contributed by atoms with Crippen molar-refractivity contribution in [3.05, 3.63) is 66.2 Å². The molecule has 0 bridgehead atoms. The molecule has 0 N–H and O–H groups in total. The van der Waals surface area contributed by atoms with Crippen LogP contribution in [0.1, 0.15) is 18.9 Å². The average Bonchev–Trinajstić information content (AvgIpc) is 2.38. The molecule has 0 aromatic heterocycles. The number of nitrogens with zero attached hydrogens (tertiary/aromatic N) is 1. The third-order valence-corrected chi connectivity index (χ3v) is 2.46. The maximum atomic E-state index is 4.66. The predicted molar refractivity (Wildman–Crippen MR) is 69.4 cm³/mol. The van der Waals surface area contributed by atoms with Crippen LogP contribution in [0.5, 0.6) is 0 Å². The van der Waals surface area contributed by atoms with Gasteiger partial charge in [0.2, 0.25) is 0 Å². The van der Waals surface area contributed by atoms with E-state index in [1.165, 1.54) is 5.56 Å². The summed E-state index contributed by atoms with van der Waals surface area (Å²) in [5.74, 6) is 0. The van der Waals surface area contributed by atoms with Gasteiger partial charge in [0.05, 0.1) is 5.69 Å². The Morgan fingerprint density at radius 1 is 0.875 bits per heavy atom. The van der Waals surface area contributed by atoms with Gasteiger partial charge in [0.15, 0.2) is 0 Å². The van der Waals surface area contributed by atoms with E-state index in [0.717, 1.165) is 17.8 Å². The molecule has 0 heterocycles. The second-order valence-corrected chi connectivity index (χ2v) is 3.61. The molecule has 1 nitrogen and oxygen atoms in total. The van der Waals surface area contributed by atoms with Crippen molar-refractivity contribution in [1.82, 2.24) is 0 Å². The van der Waals surface area contributed by atoms with Gasteiger partial charge in [-0.1, -0.05) is 55.5 Å². The van der Waals surface area contributed by atoms with Gasteiger partial charge in [-0.15, -0.1) is 0 Å². The zero-order chi connectivity index (χ0) is 11.2. The number of hydrogen-bond acceptors (Lipinski definition) is 1. The first-order valence-corrected chi connectivity index (χ1v) is 5.58. The first-order chi connectivity index (χ1) is 7.90. The second-order valence-electron chi connectivity index (χ2n) is 3.61. The van der Waals surface area contributed by atoms with Gasteiger partial charge in [-0.2, -0.15) is 0 Å². The smallest absolute Gasteiger partial charge is 0.0633 e. The fourth-order valence-corrected chi connectivity index (χ4v) is 1.64. The Hall–Kier alpha value is -1.89. The van der Waals surface area contributed by atoms with E-state index in [-0.39, 0.29) is 0 Å². The lowest BCUT2D eigenvalue weighted by atomic mass is 10.1. The first kappa shape index (κ1) is 10.6. The maximum absolute atomic E-state index is 4.66. The Bertz CT molecular complexity index is 457. The van der Waals surface area contributed by atoms with Crippen LogP contribution in [-0.4, -0.2) is 5.71 Å².